The van der Waals surface area contributed by atoms with Crippen LogP contribution < -0.4 is 4.74 Å². The fourth-order valence-electron chi connectivity index (χ4n) is 4.37. The van der Waals surface area contributed by atoms with E-state index in [0.717, 1.165) is 91.2 Å². The van der Waals surface area contributed by atoms with Crippen molar-refractivity contribution in [2.75, 3.05) is 33.4 Å². The summed E-state index contributed by atoms with van der Waals surface area (Å²) in [4.78, 5) is 16.4. The smallest absolute Gasteiger partial charge is 0.163 e. The van der Waals surface area contributed by atoms with E-state index >= 15 is 0 Å². The molecule has 0 spiro atoms. The summed E-state index contributed by atoms with van der Waals surface area (Å²) < 4.78 is 15.1. The van der Waals surface area contributed by atoms with Gasteiger partial charge in [0, 0.05) is 50.4 Å². The van der Waals surface area contributed by atoms with Crippen LogP contribution in [0.4, 0.5) is 0 Å². The van der Waals surface area contributed by atoms with Crippen LogP contribution in [0.5, 0.6) is 5.75 Å². The Morgan fingerprint density at radius 2 is 2.00 bits per heavy atom. The van der Waals surface area contributed by atoms with Gasteiger partial charge in [0.05, 0.1) is 38.0 Å². The van der Waals surface area contributed by atoms with E-state index in [0.29, 0.717) is 6.42 Å². The third kappa shape index (κ3) is 4.67. The van der Waals surface area contributed by atoms with E-state index in [2.05, 4.69) is 35.0 Å². The molecule has 5 rings (SSSR count). The van der Waals surface area contributed by atoms with E-state index in [1.54, 1.807) is 13.4 Å². The molecule has 0 amide bonds. The quantitative estimate of drug-likeness (QED) is 0.399. The van der Waals surface area contributed by atoms with Crippen molar-refractivity contribution < 1.29 is 9.47 Å². The van der Waals surface area contributed by atoms with Crippen molar-refractivity contribution in [1.82, 2.24) is 34.0 Å². The Morgan fingerprint density at radius 3 is 2.74 bits per heavy atom. The van der Waals surface area contributed by atoms with Gasteiger partial charge in [-0.3, -0.25) is 4.90 Å². The molecule has 0 saturated carbocycles. The number of rotatable bonds is 8. The van der Waals surface area contributed by atoms with E-state index in [1.807, 2.05) is 28.4 Å². The molecule has 1 aliphatic rings. The number of aryl methyl sites for hydroxylation is 2. The molecule has 178 valence electrons. The predicted octanol–water partition coefficient (Wildman–Crippen LogP) is 3.00. The predicted molar refractivity (Wildman–Crippen MR) is 129 cm³/mol. The minimum Gasteiger partial charge on any atom is -0.495 e. The van der Waals surface area contributed by atoms with Crippen LogP contribution >= 0.6 is 0 Å². The van der Waals surface area contributed by atoms with E-state index in [-0.39, 0.29) is 0 Å². The molecule has 0 radical (unpaired) electrons. The lowest BCUT2D eigenvalue weighted by Crippen LogP contribution is -2.35. The minimum atomic E-state index is 0.615. The fourth-order valence-corrected chi connectivity index (χ4v) is 4.37. The van der Waals surface area contributed by atoms with Gasteiger partial charge in [0.2, 0.25) is 0 Å². The van der Waals surface area contributed by atoms with Crippen LogP contribution in [0, 0.1) is 6.92 Å². The highest BCUT2D eigenvalue weighted by Gasteiger charge is 2.18. The molecular weight excluding hydrogens is 430 g/mol. The molecule has 3 aromatic heterocycles. The summed E-state index contributed by atoms with van der Waals surface area (Å²) in [7, 11) is 1.69. The van der Waals surface area contributed by atoms with Crippen LogP contribution in [0.25, 0.3) is 11.3 Å². The maximum atomic E-state index is 5.68. The monoisotopic (exact) mass is 461 g/mol. The zero-order chi connectivity index (χ0) is 23.5. The van der Waals surface area contributed by atoms with Gasteiger partial charge in [-0.15, -0.1) is 5.10 Å². The number of hydrogen-bond donors (Lipinski definition) is 0. The fraction of sp³-hybridized carbons (Fsp3) is 0.440. The number of fused-ring (bicyclic) bond motifs is 1. The van der Waals surface area contributed by atoms with Gasteiger partial charge in [-0.1, -0.05) is 13.0 Å². The highest BCUT2D eigenvalue weighted by Crippen LogP contribution is 2.26. The summed E-state index contributed by atoms with van der Waals surface area (Å²) in [6, 6.07) is 6.20. The van der Waals surface area contributed by atoms with Crippen molar-refractivity contribution in [1.29, 1.82) is 0 Å². The van der Waals surface area contributed by atoms with Crippen molar-refractivity contribution in [3.63, 3.8) is 0 Å². The van der Waals surface area contributed by atoms with Crippen LogP contribution in [0.15, 0.2) is 36.9 Å². The Labute approximate surface area is 199 Å². The van der Waals surface area contributed by atoms with Gasteiger partial charge in [-0.25, -0.2) is 15.0 Å². The SMILES string of the molecule is CCCc1ncc(CN2CCOCC2)c2nc(Cc3ccc(-n4cnc(C)c4)c(OC)c3)nn12. The molecule has 34 heavy (non-hydrogen) atoms. The molecule has 0 unspecified atom stereocenters. The zero-order valence-electron chi connectivity index (χ0n) is 20.1. The Bertz CT molecular complexity index is 1270. The Kier molecular flexibility index (Phi) is 6.55. The Hall–Kier alpha value is -3.30. The van der Waals surface area contributed by atoms with Gasteiger partial charge in [0.15, 0.2) is 11.5 Å². The highest BCUT2D eigenvalue weighted by molar-refractivity contribution is 5.50. The summed E-state index contributed by atoms with van der Waals surface area (Å²) in [6.45, 7) is 8.32. The first-order valence-electron chi connectivity index (χ1n) is 11.8. The number of aromatic nitrogens is 6. The summed E-state index contributed by atoms with van der Waals surface area (Å²) >= 11 is 0. The van der Waals surface area contributed by atoms with Gasteiger partial charge in [0.25, 0.3) is 0 Å². The molecular formula is C25H31N7O2. The topological polar surface area (TPSA) is 82.6 Å². The summed E-state index contributed by atoms with van der Waals surface area (Å²) in [5.41, 5.74) is 5.01. The number of ether oxygens (including phenoxy) is 2. The van der Waals surface area contributed by atoms with E-state index in [1.165, 1.54) is 0 Å². The molecule has 9 nitrogen and oxygen atoms in total. The average Bonchev–Trinajstić information content (AvgIpc) is 3.48. The van der Waals surface area contributed by atoms with Crippen LogP contribution in [0.2, 0.25) is 0 Å². The Balaban J connectivity index is 1.45. The number of benzene rings is 1. The second kappa shape index (κ2) is 9.90. The minimum absolute atomic E-state index is 0.615. The second-order valence-electron chi connectivity index (χ2n) is 8.71. The van der Waals surface area contributed by atoms with E-state index < -0.39 is 0 Å². The molecule has 0 atom stereocenters. The number of nitrogens with zero attached hydrogens (tertiary/aromatic N) is 7. The third-order valence-electron chi connectivity index (χ3n) is 6.12. The van der Waals surface area contributed by atoms with Crippen molar-refractivity contribution in [2.45, 2.75) is 39.7 Å². The number of methoxy groups -OCH3 is 1. The number of imidazole rings is 1. The lowest BCUT2D eigenvalue weighted by atomic mass is 10.1. The summed E-state index contributed by atoms with van der Waals surface area (Å²) in [5, 5.41) is 4.86. The average molecular weight is 462 g/mol. The van der Waals surface area contributed by atoms with Gasteiger partial charge in [-0.2, -0.15) is 4.52 Å². The number of morpholine rings is 1. The first kappa shape index (κ1) is 22.5. The molecule has 1 fully saturated rings. The molecule has 1 saturated heterocycles. The molecule has 4 aromatic rings. The summed E-state index contributed by atoms with van der Waals surface area (Å²) in [5.74, 6) is 2.52. The maximum Gasteiger partial charge on any atom is 0.163 e. The standard InChI is InChI=1S/C25H31N7O2/c1-4-5-24-26-14-20(16-30-8-10-34-11-9-30)25-28-23(29-32(24)25)13-19-6-7-21(22(12-19)33-3)31-15-18(2)27-17-31/h6-7,12,14-15,17H,4-5,8-11,13,16H2,1-3H3. The molecule has 9 heteroatoms. The molecule has 0 aliphatic carbocycles. The normalized spacial score (nSPS) is 14.7. The van der Waals surface area contributed by atoms with Crippen molar-refractivity contribution >= 4 is 5.65 Å². The molecule has 1 aromatic carbocycles. The maximum absolute atomic E-state index is 5.68. The molecule has 4 heterocycles. The molecule has 0 bridgehead atoms. The largest absolute Gasteiger partial charge is 0.495 e. The lowest BCUT2D eigenvalue weighted by molar-refractivity contribution is 0.0342. The van der Waals surface area contributed by atoms with Crippen LogP contribution in [0.1, 0.15) is 41.8 Å². The summed E-state index contributed by atoms with van der Waals surface area (Å²) in [6.07, 6.45) is 8.24. The molecule has 0 N–H and O–H groups in total. The van der Waals surface area contributed by atoms with Crippen LogP contribution in [-0.4, -0.2) is 67.4 Å². The van der Waals surface area contributed by atoms with Gasteiger partial charge in [-0.05, 0) is 31.0 Å². The first-order chi connectivity index (χ1) is 16.6. The second-order valence-corrected chi connectivity index (χ2v) is 8.71. The van der Waals surface area contributed by atoms with E-state index in [4.69, 9.17) is 24.5 Å². The van der Waals surface area contributed by atoms with Crippen molar-refractivity contribution in [3.05, 3.63) is 65.4 Å². The first-order valence-corrected chi connectivity index (χ1v) is 11.8. The zero-order valence-corrected chi connectivity index (χ0v) is 20.1. The van der Waals surface area contributed by atoms with Crippen molar-refractivity contribution in [2.24, 2.45) is 0 Å². The van der Waals surface area contributed by atoms with Crippen molar-refractivity contribution in [3.8, 4) is 11.4 Å². The van der Waals surface area contributed by atoms with Crippen LogP contribution in [-0.2, 0) is 24.1 Å². The van der Waals surface area contributed by atoms with Crippen LogP contribution in [0.3, 0.4) is 0 Å². The van der Waals surface area contributed by atoms with Gasteiger partial charge >= 0.3 is 0 Å². The molecule has 1 aliphatic heterocycles. The third-order valence-corrected chi connectivity index (χ3v) is 6.12. The van der Waals surface area contributed by atoms with Gasteiger partial charge in [0.1, 0.15) is 11.6 Å². The highest BCUT2D eigenvalue weighted by atomic mass is 16.5. The van der Waals surface area contributed by atoms with Gasteiger partial charge < -0.3 is 14.0 Å². The van der Waals surface area contributed by atoms with E-state index in [9.17, 15) is 0 Å². The number of hydrogen-bond acceptors (Lipinski definition) is 7. The lowest BCUT2D eigenvalue weighted by Gasteiger charge is -2.26. The Morgan fingerprint density at radius 1 is 1.15 bits per heavy atom.